The maximum atomic E-state index is 10.7. The van der Waals surface area contributed by atoms with Crippen molar-refractivity contribution >= 4 is 34.3 Å². The van der Waals surface area contributed by atoms with Crippen molar-refractivity contribution in [1.29, 1.82) is 0 Å². The summed E-state index contributed by atoms with van der Waals surface area (Å²) in [6.45, 7) is 0.245. The second-order valence-corrected chi connectivity index (χ2v) is 3.23. The van der Waals surface area contributed by atoms with Gasteiger partial charge in [0, 0.05) is 11.0 Å². The first-order valence-corrected chi connectivity index (χ1v) is 4.16. The number of hydrogen-bond acceptors (Lipinski definition) is 2. The van der Waals surface area contributed by atoms with Crippen LogP contribution in [0.25, 0.3) is 0 Å². The first kappa shape index (κ1) is 12.4. The van der Waals surface area contributed by atoms with E-state index in [9.17, 15) is 4.79 Å². The average molecular weight is 267 g/mol. The molecule has 1 rings (SSSR count). The number of rotatable bonds is 2. The molecule has 0 atom stereocenters. The molecule has 72 valence electrons. The van der Waals surface area contributed by atoms with Crippen LogP contribution in [0, 0.1) is 0 Å². The number of aromatic carboxylic acids is 1. The van der Waals surface area contributed by atoms with Gasteiger partial charge in [-0.2, -0.15) is 0 Å². The normalized spacial score (nSPS) is 9.08. The molecular weight excluding hydrogens is 257 g/mol. The Kier molecular flexibility index (Phi) is 4.98. The van der Waals surface area contributed by atoms with E-state index in [1.54, 1.807) is 18.2 Å². The lowest BCUT2D eigenvalue weighted by atomic mass is 10.1. The van der Waals surface area contributed by atoms with Gasteiger partial charge in [-0.25, -0.2) is 4.79 Å². The molecule has 0 amide bonds. The summed E-state index contributed by atoms with van der Waals surface area (Å²) >= 11 is 3.19. The second-order valence-electron chi connectivity index (χ2n) is 2.31. The Morgan fingerprint density at radius 1 is 1.54 bits per heavy atom. The van der Waals surface area contributed by atoms with E-state index >= 15 is 0 Å². The summed E-state index contributed by atoms with van der Waals surface area (Å²) in [7, 11) is 0. The molecule has 0 heterocycles. The SMILES string of the molecule is Cl.NCc1ccc(Br)cc1C(=O)O. The molecule has 13 heavy (non-hydrogen) atoms. The molecular formula is C8H9BrClNO2. The van der Waals surface area contributed by atoms with Gasteiger partial charge in [-0.1, -0.05) is 22.0 Å². The lowest BCUT2D eigenvalue weighted by molar-refractivity contribution is 0.0695. The topological polar surface area (TPSA) is 63.3 Å². The van der Waals surface area contributed by atoms with E-state index in [4.69, 9.17) is 10.8 Å². The standard InChI is InChI=1S/C8H8BrNO2.ClH/c9-6-2-1-5(4-10)7(3-6)8(11)12;/h1-3H,4,10H2,(H,11,12);1H. The van der Waals surface area contributed by atoms with Crippen LogP contribution in [0.1, 0.15) is 15.9 Å². The van der Waals surface area contributed by atoms with Gasteiger partial charge in [-0.05, 0) is 17.7 Å². The van der Waals surface area contributed by atoms with Crippen LogP contribution in [0.4, 0.5) is 0 Å². The molecule has 0 aliphatic heterocycles. The van der Waals surface area contributed by atoms with Crippen molar-refractivity contribution in [3.05, 3.63) is 33.8 Å². The molecule has 1 aromatic rings. The summed E-state index contributed by atoms with van der Waals surface area (Å²) in [6, 6.07) is 5.02. The number of carboxylic acid groups (broad SMARTS) is 1. The van der Waals surface area contributed by atoms with Crippen LogP contribution in [0.15, 0.2) is 22.7 Å². The number of nitrogens with two attached hydrogens (primary N) is 1. The van der Waals surface area contributed by atoms with Crippen LogP contribution in [0.3, 0.4) is 0 Å². The monoisotopic (exact) mass is 265 g/mol. The van der Waals surface area contributed by atoms with Gasteiger partial charge in [0.25, 0.3) is 0 Å². The van der Waals surface area contributed by atoms with E-state index in [-0.39, 0.29) is 24.5 Å². The predicted molar refractivity (Wildman–Crippen MR) is 56.2 cm³/mol. The van der Waals surface area contributed by atoms with Crippen molar-refractivity contribution < 1.29 is 9.90 Å². The summed E-state index contributed by atoms with van der Waals surface area (Å²) in [4.78, 5) is 10.7. The highest BCUT2D eigenvalue weighted by molar-refractivity contribution is 9.10. The maximum Gasteiger partial charge on any atom is 0.336 e. The molecule has 0 unspecified atom stereocenters. The predicted octanol–water partition coefficient (Wildman–Crippen LogP) is 2.03. The minimum absolute atomic E-state index is 0. The lowest BCUT2D eigenvalue weighted by Gasteiger charge is -2.02. The van der Waals surface area contributed by atoms with Crippen LogP contribution >= 0.6 is 28.3 Å². The van der Waals surface area contributed by atoms with E-state index in [1.165, 1.54) is 0 Å². The van der Waals surface area contributed by atoms with E-state index in [1.807, 2.05) is 0 Å². The summed E-state index contributed by atoms with van der Waals surface area (Å²) in [5, 5.41) is 8.74. The van der Waals surface area contributed by atoms with Crippen LogP contribution in [0.2, 0.25) is 0 Å². The highest BCUT2D eigenvalue weighted by Crippen LogP contribution is 2.16. The molecule has 0 spiro atoms. The molecule has 3 nitrogen and oxygen atoms in total. The van der Waals surface area contributed by atoms with Gasteiger partial charge in [0.05, 0.1) is 5.56 Å². The number of hydrogen-bond donors (Lipinski definition) is 2. The Morgan fingerprint density at radius 2 is 2.15 bits per heavy atom. The van der Waals surface area contributed by atoms with Gasteiger partial charge in [0.2, 0.25) is 0 Å². The number of benzene rings is 1. The molecule has 5 heteroatoms. The van der Waals surface area contributed by atoms with Gasteiger partial charge in [0.15, 0.2) is 0 Å². The van der Waals surface area contributed by atoms with Crippen molar-refractivity contribution in [3.8, 4) is 0 Å². The van der Waals surface area contributed by atoms with Crippen molar-refractivity contribution in [2.75, 3.05) is 0 Å². The molecule has 0 aliphatic carbocycles. The quantitative estimate of drug-likeness (QED) is 0.861. The summed E-state index contributed by atoms with van der Waals surface area (Å²) in [5.74, 6) is -0.947. The maximum absolute atomic E-state index is 10.7. The summed E-state index contributed by atoms with van der Waals surface area (Å²) in [5.41, 5.74) is 6.26. The van der Waals surface area contributed by atoms with Gasteiger partial charge in [-0.3, -0.25) is 0 Å². The molecule has 0 aliphatic rings. The van der Waals surface area contributed by atoms with Crippen molar-refractivity contribution in [2.45, 2.75) is 6.54 Å². The smallest absolute Gasteiger partial charge is 0.336 e. The number of halogens is 2. The number of carbonyl (C=O) groups is 1. The molecule has 0 bridgehead atoms. The second kappa shape index (κ2) is 5.21. The Balaban J connectivity index is 0.00000144. The Labute approximate surface area is 90.5 Å². The first-order valence-electron chi connectivity index (χ1n) is 3.37. The van der Waals surface area contributed by atoms with Crippen molar-refractivity contribution in [2.24, 2.45) is 5.73 Å². The average Bonchev–Trinajstić information content (AvgIpc) is 2.04. The molecule has 0 saturated carbocycles. The highest BCUT2D eigenvalue weighted by Gasteiger charge is 2.08. The minimum Gasteiger partial charge on any atom is -0.478 e. The molecule has 3 N–H and O–H groups in total. The Bertz CT molecular complexity index is 317. The highest BCUT2D eigenvalue weighted by atomic mass is 79.9. The van der Waals surface area contributed by atoms with Crippen LogP contribution in [0.5, 0.6) is 0 Å². The van der Waals surface area contributed by atoms with E-state index in [2.05, 4.69) is 15.9 Å². The molecule has 0 aromatic heterocycles. The van der Waals surface area contributed by atoms with Gasteiger partial charge in [-0.15, -0.1) is 12.4 Å². The van der Waals surface area contributed by atoms with E-state index < -0.39 is 5.97 Å². The molecule has 1 aromatic carbocycles. The van der Waals surface area contributed by atoms with Crippen LogP contribution in [-0.4, -0.2) is 11.1 Å². The van der Waals surface area contributed by atoms with Gasteiger partial charge >= 0.3 is 5.97 Å². The molecule has 0 saturated heterocycles. The number of carboxylic acids is 1. The van der Waals surface area contributed by atoms with Gasteiger partial charge in [0.1, 0.15) is 0 Å². The third-order valence-electron chi connectivity index (χ3n) is 1.52. The third kappa shape index (κ3) is 2.99. The Morgan fingerprint density at radius 3 is 2.62 bits per heavy atom. The largest absolute Gasteiger partial charge is 0.478 e. The van der Waals surface area contributed by atoms with E-state index in [0.29, 0.717) is 5.56 Å². The van der Waals surface area contributed by atoms with Crippen LogP contribution in [-0.2, 0) is 6.54 Å². The zero-order chi connectivity index (χ0) is 9.14. The summed E-state index contributed by atoms with van der Waals surface area (Å²) in [6.07, 6.45) is 0. The summed E-state index contributed by atoms with van der Waals surface area (Å²) < 4.78 is 0.747. The van der Waals surface area contributed by atoms with E-state index in [0.717, 1.165) is 4.47 Å². The Hall–Kier alpha value is -0.580. The zero-order valence-electron chi connectivity index (χ0n) is 6.66. The third-order valence-corrected chi connectivity index (χ3v) is 2.02. The van der Waals surface area contributed by atoms with Gasteiger partial charge < -0.3 is 10.8 Å². The lowest BCUT2D eigenvalue weighted by Crippen LogP contribution is -2.06. The molecule has 0 radical (unpaired) electrons. The van der Waals surface area contributed by atoms with Crippen molar-refractivity contribution in [1.82, 2.24) is 0 Å². The fourth-order valence-electron chi connectivity index (χ4n) is 0.926. The first-order chi connectivity index (χ1) is 5.65. The zero-order valence-corrected chi connectivity index (χ0v) is 9.06. The van der Waals surface area contributed by atoms with Crippen molar-refractivity contribution in [3.63, 3.8) is 0 Å². The minimum atomic E-state index is -0.947. The van der Waals surface area contributed by atoms with Crippen LogP contribution < -0.4 is 5.73 Å². The fourth-order valence-corrected chi connectivity index (χ4v) is 1.29. The molecule has 0 fully saturated rings. The fraction of sp³-hybridized carbons (Fsp3) is 0.125.